The van der Waals surface area contributed by atoms with Crippen molar-refractivity contribution in [2.75, 3.05) is 18.0 Å². The van der Waals surface area contributed by atoms with E-state index in [1.165, 1.54) is 0 Å². The Morgan fingerprint density at radius 2 is 2.12 bits per heavy atom. The first-order chi connectivity index (χ1) is 8.09. The van der Waals surface area contributed by atoms with E-state index < -0.39 is 0 Å². The van der Waals surface area contributed by atoms with E-state index in [1.54, 1.807) is 21.9 Å². The molecule has 5 heteroatoms. The molecule has 1 saturated heterocycles. The summed E-state index contributed by atoms with van der Waals surface area (Å²) in [6.45, 7) is 4.94. The fraction of sp³-hybridized carbons (Fsp3) is 0.583. The Morgan fingerprint density at radius 3 is 2.76 bits per heavy atom. The summed E-state index contributed by atoms with van der Waals surface area (Å²) in [5, 5.41) is 0. The molecule has 0 aliphatic carbocycles. The molecule has 0 spiro atoms. The van der Waals surface area contributed by atoms with Crippen LogP contribution in [0, 0.1) is 0 Å². The zero-order valence-corrected chi connectivity index (χ0v) is 10.2. The third-order valence-corrected chi connectivity index (χ3v) is 2.96. The van der Waals surface area contributed by atoms with Crippen LogP contribution >= 0.6 is 0 Å². The minimum Gasteiger partial charge on any atom is -0.345 e. The van der Waals surface area contributed by atoms with Crippen molar-refractivity contribution in [2.24, 2.45) is 0 Å². The molecule has 1 aromatic heterocycles. The highest BCUT2D eigenvalue weighted by Crippen LogP contribution is 2.12. The van der Waals surface area contributed by atoms with Crippen LogP contribution in [0.4, 0.5) is 5.82 Å². The first kappa shape index (κ1) is 11.8. The molecule has 92 valence electrons. The summed E-state index contributed by atoms with van der Waals surface area (Å²) in [5.74, 6) is 0.576. The van der Waals surface area contributed by atoms with Crippen LogP contribution in [0.3, 0.4) is 0 Å². The SMILES string of the molecule is CC(C)n1ccnc(N2CCCC(=O)C2)c1=O. The molecule has 1 aliphatic heterocycles. The van der Waals surface area contributed by atoms with E-state index in [0.29, 0.717) is 18.8 Å². The van der Waals surface area contributed by atoms with Crippen molar-refractivity contribution in [1.82, 2.24) is 9.55 Å². The van der Waals surface area contributed by atoms with Gasteiger partial charge in [-0.05, 0) is 20.3 Å². The van der Waals surface area contributed by atoms with Gasteiger partial charge in [-0.25, -0.2) is 4.98 Å². The van der Waals surface area contributed by atoms with Gasteiger partial charge in [0.15, 0.2) is 11.6 Å². The van der Waals surface area contributed by atoms with Gasteiger partial charge in [-0.15, -0.1) is 0 Å². The summed E-state index contributed by atoms with van der Waals surface area (Å²) in [6.07, 6.45) is 4.72. The molecule has 0 bridgehead atoms. The number of carbonyl (C=O) groups is 1. The topological polar surface area (TPSA) is 55.2 Å². The molecule has 1 fully saturated rings. The maximum Gasteiger partial charge on any atom is 0.293 e. The van der Waals surface area contributed by atoms with Crippen LogP contribution in [0.5, 0.6) is 0 Å². The number of carbonyl (C=O) groups excluding carboxylic acids is 1. The number of nitrogens with zero attached hydrogens (tertiary/aromatic N) is 3. The first-order valence-corrected chi connectivity index (χ1v) is 5.93. The van der Waals surface area contributed by atoms with Gasteiger partial charge in [0.2, 0.25) is 0 Å². The van der Waals surface area contributed by atoms with Crippen molar-refractivity contribution in [1.29, 1.82) is 0 Å². The highest BCUT2D eigenvalue weighted by atomic mass is 16.1. The Hall–Kier alpha value is -1.65. The maximum absolute atomic E-state index is 12.2. The predicted molar refractivity (Wildman–Crippen MR) is 65.3 cm³/mol. The van der Waals surface area contributed by atoms with Crippen LogP contribution in [-0.4, -0.2) is 28.4 Å². The Labute approximate surface area is 100 Å². The zero-order chi connectivity index (χ0) is 12.4. The van der Waals surface area contributed by atoms with E-state index >= 15 is 0 Å². The van der Waals surface area contributed by atoms with Gasteiger partial charge in [0.1, 0.15) is 0 Å². The fourth-order valence-electron chi connectivity index (χ4n) is 2.06. The third kappa shape index (κ3) is 2.38. The minimum absolute atomic E-state index is 0.102. The molecule has 0 unspecified atom stereocenters. The lowest BCUT2D eigenvalue weighted by Crippen LogP contribution is -2.40. The van der Waals surface area contributed by atoms with Crippen LogP contribution in [0.25, 0.3) is 0 Å². The predicted octanol–water partition coefficient (Wildman–Crippen LogP) is 0.994. The van der Waals surface area contributed by atoms with Crippen molar-refractivity contribution >= 4 is 11.6 Å². The molecule has 1 aromatic rings. The molecular weight excluding hydrogens is 218 g/mol. The Morgan fingerprint density at radius 1 is 1.35 bits per heavy atom. The third-order valence-electron chi connectivity index (χ3n) is 2.96. The highest BCUT2D eigenvalue weighted by molar-refractivity contribution is 5.84. The lowest BCUT2D eigenvalue weighted by atomic mass is 10.1. The second-order valence-electron chi connectivity index (χ2n) is 4.62. The lowest BCUT2D eigenvalue weighted by Gasteiger charge is -2.26. The summed E-state index contributed by atoms with van der Waals surface area (Å²) in [6, 6.07) is 0.102. The van der Waals surface area contributed by atoms with E-state index in [4.69, 9.17) is 0 Å². The summed E-state index contributed by atoms with van der Waals surface area (Å²) in [4.78, 5) is 29.5. The Bertz CT molecular complexity index is 479. The van der Waals surface area contributed by atoms with Crippen molar-refractivity contribution in [3.8, 4) is 0 Å². The van der Waals surface area contributed by atoms with E-state index in [0.717, 1.165) is 13.0 Å². The Kier molecular flexibility index (Phi) is 3.26. The summed E-state index contributed by atoms with van der Waals surface area (Å²) in [7, 11) is 0. The van der Waals surface area contributed by atoms with Crippen LogP contribution in [0.2, 0.25) is 0 Å². The van der Waals surface area contributed by atoms with Crippen molar-refractivity contribution in [3.05, 3.63) is 22.7 Å². The fourth-order valence-corrected chi connectivity index (χ4v) is 2.06. The minimum atomic E-state index is -0.114. The normalized spacial score (nSPS) is 16.6. The van der Waals surface area contributed by atoms with Gasteiger partial charge in [-0.3, -0.25) is 9.59 Å². The van der Waals surface area contributed by atoms with Gasteiger partial charge < -0.3 is 9.47 Å². The largest absolute Gasteiger partial charge is 0.345 e. The number of ketones is 1. The molecule has 0 saturated carbocycles. The molecule has 17 heavy (non-hydrogen) atoms. The molecule has 0 amide bonds. The van der Waals surface area contributed by atoms with Crippen LogP contribution in [0.1, 0.15) is 32.7 Å². The van der Waals surface area contributed by atoms with Crippen molar-refractivity contribution in [2.45, 2.75) is 32.7 Å². The molecule has 2 heterocycles. The molecule has 0 atom stereocenters. The second kappa shape index (κ2) is 4.69. The van der Waals surface area contributed by atoms with E-state index in [2.05, 4.69) is 4.98 Å². The molecule has 0 aromatic carbocycles. The van der Waals surface area contributed by atoms with Gasteiger partial charge in [-0.2, -0.15) is 0 Å². The van der Waals surface area contributed by atoms with Crippen LogP contribution < -0.4 is 10.5 Å². The maximum atomic E-state index is 12.2. The molecule has 1 aliphatic rings. The number of anilines is 1. The Balaban J connectivity index is 2.35. The number of piperidine rings is 1. The van der Waals surface area contributed by atoms with Gasteiger partial charge >= 0.3 is 0 Å². The highest BCUT2D eigenvalue weighted by Gasteiger charge is 2.21. The van der Waals surface area contributed by atoms with Crippen molar-refractivity contribution in [3.63, 3.8) is 0 Å². The number of hydrogen-bond donors (Lipinski definition) is 0. The summed E-state index contributed by atoms with van der Waals surface area (Å²) >= 11 is 0. The summed E-state index contributed by atoms with van der Waals surface area (Å²) in [5.41, 5.74) is -0.114. The van der Waals surface area contributed by atoms with Crippen molar-refractivity contribution < 1.29 is 4.79 Å². The van der Waals surface area contributed by atoms with E-state index in [-0.39, 0.29) is 17.4 Å². The van der Waals surface area contributed by atoms with E-state index in [9.17, 15) is 9.59 Å². The monoisotopic (exact) mass is 235 g/mol. The average Bonchev–Trinajstić information content (AvgIpc) is 2.29. The quantitative estimate of drug-likeness (QED) is 0.767. The zero-order valence-electron chi connectivity index (χ0n) is 10.2. The molecule has 0 N–H and O–H groups in total. The molecular formula is C12H17N3O2. The van der Waals surface area contributed by atoms with Gasteiger partial charge in [0, 0.05) is 31.4 Å². The number of rotatable bonds is 2. The number of Topliss-reactive ketones (excluding diaryl/α,β-unsaturated/α-hetero) is 1. The van der Waals surface area contributed by atoms with Gasteiger partial charge in [0.05, 0.1) is 6.54 Å². The standard InChI is InChI=1S/C12H17N3O2/c1-9(2)15-7-5-13-11(12(15)17)14-6-3-4-10(16)8-14/h5,7,9H,3-4,6,8H2,1-2H3. The number of aromatic nitrogens is 2. The first-order valence-electron chi connectivity index (χ1n) is 5.93. The van der Waals surface area contributed by atoms with Crippen LogP contribution in [0.15, 0.2) is 17.2 Å². The smallest absolute Gasteiger partial charge is 0.293 e. The van der Waals surface area contributed by atoms with E-state index in [1.807, 2.05) is 13.8 Å². The van der Waals surface area contributed by atoms with Crippen LogP contribution in [-0.2, 0) is 4.79 Å². The summed E-state index contributed by atoms with van der Waals surface area (Å²) < 4.78 is 1.64. The van der Waals surface area contributed by atoms with Gasteiger partial charge in [-0.1, -0.05) is 0 Å². The van der Waals surface area contributed by atoms with Gasteiger partial charge in [0.25, 0.3) is 5.56 Å². The number of hydrogen-bond acceptors (Lipinski definition) is 4. The average molecular weight is 235 g/mol. The lowest BCUT2D eigenvalue weighted by molar-refractivity contribution is -0.118. The molecule has 2 rings (SSSR count). The second-order valence-corrected chi connectivity index (χ2v) is 4.62. The molecule has 0 radical (unpaired) electrons. The molecule has 5 nitrogen and oxygen atoms in total.